The number of benzene rings is 2. The van der Waals surface area contributed by atoms with E-state index in [-0.39, 0.29) is 24.3 Å². The zero-order valence-electron chi connectivity index (χ0n) is 16.9. The number of likely N-dealkylation sites (tertiary alicyclic amines) is 1. The van der Waals surface area contributed by atoms with Crippen LogP contribution in [0.2, 0.25) is 0 Å². The number of amides is 3. The van der Waals surface area contributed by atoms with Crippen LogP contribution in [-0.4, -0.2) is 43.5 Å². The van der Waals surface area contributed by atoms with Crippen molar-refractivity contribution < 1.29 is 9.59 Å². The minimum atomic E-state index is -0.328. The number of rotatable bonds is 5. The second-order valence-electron chi connectivity index (χ2n) is 7.29. The minimum Gasteiger partial charge on any atom is -0.338 e. The molecule has 1 fully saturated rings. The van der Waals surface area contributed by atoms with Crippen molar-refractivity contribution >= 4 is 35.7 Å². The van der Waals surface area contributed by atoms with Crippen LogP contribution in [0.3, 0.4) is 0 Å². The summed E-state index contributed by atoms with van der Waals surface area (Å²) in [7, 11) is 1.94. The summed E-state index contributed by atoms with van der Waals surface area (Å²) in [5, 5.41) is 8.85. The lowest BCUT2D eigenvalue weighted by atomic mass is 9.97. The van der Waals surface area contributed by atoms with Gasteiger partial charge < -0.3 is 20.9 Å². The second kappa shape index (κ2) is 10.8. The van der Waals surface area contributed by atoms with Crippen molar-refractivity contribution in [3.05, 3.63) is 59.7 Å². The van der Waals surface area contributed by atoms with Gasteiger partial charge in [-0.05, 0) is 69.1 Å². The molecule has 1 unspecified atom stereocenters. The van der Waals surface area contributed by atoms with Crippen LogP contribution in [-0.2, 0) is 0 Å². The molecule has 3 amide bonds. The van der Waals surface area contributed by atoms with Crippen molar-refractivity contribution in [3.8, 4) is 0 Å². The van der Waals surface area contributed by atoms with Crippen LogP contribution in [0.15, 0.2) is 48.5 Å². The molecular weight excluding hydrogens is 388 g/mol. The molecule has 0 radical (unpaired) electrons. The number of carbonyl (C=O) groups excluding carboxylic acids is 2. The van der Waals surface area contributed by atoms with Crippen LogP contribution >= 0.6 is 12.4 Å². The number of halogens is 1. The Morgan fingerprint density at radius 1 is 1.10 bits per heavy atom. The van der Waals surface area contributed by atoms with Gasteiger partial charge in [-0.3, -0.25) is 4.79 Å². The van der Waals surface area contributed by atoms with Crippen molar-refractivity contribution in [2.45, 2.75) is 19.8 Å². The van der Waals surface area contributed by atoms with Gasteiger partial charge >= 0.3 is 6.03 Å². The average molecular weight is 417 g/mol. The Morgan fingerprint density at radius 2 is 1.86 bits per heavy atom. The summed E-state index contributed by atoms with van der Waals surface area (Å²) in [6.07, 6.45) is 2.17. The molecule has 1 saturated heterocycles. The van der Waals surface area contributed by atoms with E-state index in [1.54, 1.807) is 6.07 Å². The largest absolute Gasteiger partial charge is 0.338 e. The first-order chi connectivity index (χ1) is 13.6. The van der Waals surface area contributed by atoms with Gasteiger partial charge in [0, 0.05) is 30.0 Å². The van der Waals surface area contributed by atoms with Crippen LogP contribution in [0.5, 0.6) is 0 Å². The van der Waals surface area contributed by atoms with E-state index in [0.29, 0.717) is 22.9 Å². The number of aryl methyl sites for hydroxylation is 1. The smallest absolute Gasteiger partial charge is 0.323 e. The van der Waals surface area contributed by atoms with E-state index in [9.17, 15) is 9.59 Å². The van der Waals surface area contributed by atoms with Crippen molar-refractivity contribution in [1.29, 1.82) is 0 Å². The molecule has 1 atom stereocenters. The first kappa shape index (κ1) is 22.7. The Kier molecular flexibility index (Phi) is 8.49. The molecule has 3 rings (SSSR count). The lowest BCUT2D eigenvalue weighted by molar-refractivity contribution is 0.0674. The lowest BCUT2D eigenvalue weighted by Gasteiger charge is -2.33. The maximum Gasteiger partial charge on any atom is 0.323 e. The first-order valence-electron chi connectivity index (χ1n) is 9.74. The molecule has 29 heavy (non-hydrogen) atoms. The summed E-state index contributed by atoms with van der Waals surface area (Å²) < 4.78 is 0. The van der Waals surface area contributed by atoms with Gasteiger partial charge in [-0.15, -0.1) is 12.4 Å². The van der Waals surface area contributed by atoms with E-state index in [0.717, 1.165) is 38.0 Å². The summed E-state index contributed by atoms with van der Waals surface area (Å²) in [4.78, 5) is 27.2. The van der Waals surface area contributed by atoms with Gasteiger partial charge in [-0.2, -0.15) is 0 Å². The van der Waals surface area contributed by atoms with Gasteiger partial charge in [0.1, 0.15) is 0 Å². The molecule has 2 aromatic rings. The Hall–Kier alpha value is -2.57. The van der Waals surface area contributed by atoms with Crippen molar-refractivity contribution in [2.75, 3.05) is 37.3 Å². The van der Waals surface area contributed by atoms with Gasteiger partial charge in [-0.1, -0.05) is 24.3 Å². The predicted octanol–water partition coefficient (Wildman–Crippen LogP) is 4.13. The molecule has 1 aliphatic heterocycles. The SMILES string of the molecule is CNCC1CCCN(C(=O)c2ccc(C)c(NC(=O)Nc3ccccc3)c2)C1.Cl. The minimum absolute atomic E-state index is 0. The highest BCUT2D eigenvalue weighted by atomic mass is 35.5. The highest BCUT2D eigenvalue weighted by molar-refractivity contribution is 6.02. The fraction of sp³-hybridized carbons (Fsp3) is 0.364. The number of nitrogens with one attached hydrogen (secondary N) is 3. The number of urea groups is 1. The van der Waals surface area contributed by atoms with Crippen molar-refractivity contribution in [2.24, 2.45) is 5.92 Å². The Labute approximate surface area is 178 Å². The molecule has 0 saturated carbocycles. The normalized spacial score (nSPS) is 15.9. The zero-order chi connectivity index (χ0) is 19.9. The van der Waals surface area contributed by atoms with E-state index in [4.69, 9.17) is 0 Å². The summed E-state index contributed by atoms with van der Waals surface area (Å²) in [5.41, 5.74) is 2.87. The van der Waals surface area contributed by atoms with E-state index in [2.05, 4.69) is 16.0 Å². The summed E-state index contributed by atoms with van der Waals surface area (Å²) in [6, 6.07) is 14.4. The fourth-order valence-corrected chi connectivity index (χ4v) is 3.58. The maximum absolute atomic E-state index is 13.0. The molecule has 0 bridgehead atoms. The van der Waals surface area contributed by atoms with Crippen molar-refractivity contribution in [3.63, 3.8) is 0 Å². The maximum atomic E-state index is 13.0. The van der Waals surface area contributed by atoms with Crippen LogP contribution in [0.4, 0.5) is 16.2 Å². The van der Waals surface area contributed by atoms with Crippen LogP contribution in [0, 0.1) is 12.8 Å². The number of hydrogen-bond acceptors (Lipinski definition) is 3. The zero-order valence-corrected chi connectivity index (χ0v) is 17.7. The standard InChI is InChI=1S/C22H28N4O2.ClH/c1-16-10-11-18(21(27)26-12-6-7-17(15-26)14-23-2)13-20(16)25-22(28)24-19-8-4-3-5-9-19;/h3-5,8-11,13,17,23H,6-7,12,14-15H2,1-2H3,(H2,24,25,28);1H. The van der Waals surface area contributed by atoms with Crippen LogP contribution in [0.1, 0.15) is 28.8 Å². The second-order valence-corrected chi connectivity index (χ2v) is 7.29. The number of carbonyl (C=O) groups is 2. The van der Waals surface area contributed by atoms with Gasteiger partial charge in [0.2, 0.25) is 0 Å². The van der Waals surface area contributed by atoms with E-state index < -0.39 is 0 Å². The lowest BCUT2D eigenvalue weighted by Crippen LogP contribution is -2.42. The molecule has 3 N–H and O–H groups in total. The summed E-state index contributed by atoms with van der Waals surface area (Å²) >= 11 is 0. The third-order valence-corrected chi connectivity index (χ3v) is 5.06. The summed E-state index contributed by atoms with van der Waals surface area (Å²) in [6.45, 7) is 4.38. The fourth-order valence-electron chi connectivity index (χ4n) is 3.58. The highest BCUT2D eigenvalue weighted by Crippen LogP contribution is 2.22. The topological polar surface area (TPSA) is 73.5 Å². The quantitative estimate of drug-likeness (QED) is 0.686. The molecule has 6 nitrogen and oxygen atoms in total. The van der Waals surface area contributed by atoms with Gasteiger partial charge in [-0.25, -0.2) is 4.79 Å². The number of anilines is 2. The molecule has 0 aliphatic carbocycles. The van der Waals surface area contributed by atoms with Crippen molar-refractivity contribution in [1.82, 2.24) is 10.2 Å². The van der Waals surface area contributed by atoms with Crippen LogP contribution in [0.25, 0.3) is 0 Å². The number of para-hydroxylation sites is 1. The van der Waals surface area contributed by atoms with E-state index >= 15 is 0 Å². The van der Waals surface area contributed by atoms with E-state index in [1.165, 1.54) is 0 Å². The molecule has 0 aromatic heterocycles. The third-order valence-electron chi connectivity index (χ3n) is 5.06. The molecule has 1 aliphatic rings. The average Bonchev–Trinajstić information content (AvgIpc) is 2.70. The Morgan fingerprint density at radius 3 is 2.59 bits per heavy atom. The number of nitrogens with zero attached hydrogens (tertiary/aromatic N) is 1. The number of piperidine rings is 1. The highest BCUT2D eigenvalue weighted by Gasteiger charge is 2.24. The van der Waals surface area contributed by atoms with Crippen LogP contribution < -0.4 is 16.0 Å². The summed E-state index contributed by atoms with van der Waals surface area (Å²) in [5.74, 6) is 0.509. The Balaban J connectivity index is 0.00000300. The predicted molar refractivity (Wildman–Crippen MR) is 120 cm³/mol. The van der Waals surface area contributed by atoms with Gasteiger partial charge in [0.05, 0.1) is 0 Å². The molecule has 2 aromatic carbocycles. The van der Waals surface area contributed by atoms with Gasteiger partial charge in [0.15, 0.2) is 0 Å². The number of hydrogen-bond donors (Lipinski definition) is 3. The van der Waals surface area contributed by atoms with E-state index in [1.807, 2.05) is 61.3 Å². The third kappa shape index (κ3) is 6.21. The van der Waals surface area contributed by atoms with Gasteiger partial charge in [0.25, 0.3) is 5.91 Å². The molecule has 0 spiro atoms. The first-order valence-corrected chi connectivity index (χ1v) is 9.74. The molecule has 156 valence electrons. The Bertz CT molecular complexity index is 827. The molecular formula is C22H29ClN4O2. The monoisotopic (exact) mass is 416 g/mol. The molecule has 1 heterocycles. The molecule has 7 heteroatoms.